The normalized spacial score (nSPS) is 14.4. The van der Waals surface area contributed by atoms with E-state index in [-0.39, 0.29) is 11.8 Å². The monoisotopic (exact) mass is 417 g/mol. The van der Waals surface area contributed by atoms with Gasteiger partial charge >= 0.3 is 0 Å². The summed E-state index contributed by atoms with van der Waals surface area (Å²) in [5.41, 5.74) is 2.33. The zero-order valence-corrected chi connectivity index (χ0v) is 18.2. The number of nitrogens with zero attached hydrogens (tertiary/aromatic N) is 3. The molecule has 0 bridgehead atoms. The van der Waals surface area contributed by atoms with Gasteiger partial charge in [-0.2, -0.15) is 4.98 Å². The van der Waals surface area contributed by atoms with Crippen LogP contribution in [-0.2, 0) is 0 Å². The number of aromatic nitrogens is 2. The first-order valence-electron chi connectivity index (χ1n) is 10.6. The van der Waals surface area contributed by atoms with Gasteiger partial charge in [-0.25, -0.2) is 4.98 Å². The largest absolute Gasteiger partial charge is 0.497 e. The highest BCUT2D eigenvalue weighted by atomic mass is 16.5. The Morgan fingerprint density at radius 3 is 2.29 bits per heavy atom. The van der Waals surface area contributed by atoms with Crippen molar-refractivity contribution in [1.82, 2.24) is 14.9 Å². The lowest BCUT2D eigenvalue weighted by Gasteiger charge is -2.30. The molecule has 6 heteroatoms. The molecule has 1 amide bonds. The molecule has 6 nitrogen and oxygen atoms in total. The minimum Gasteiger partial charge on any atom is -0.497 e. The maximum Gasteiger partial charge on any atom is 0.260 e. The molecule has 0 radical (unpaired) electrons. The van der Waals surface area contributed by atoms with Crippen molar-refractivity contribution in [1.29, 1.82) is 0 Å². The average molecular weight is 418 g/mol. The Morgan fingerprint density at radius 2 is 1.65 bits per heavy atom. The van der Waals surface area contributed by atoms with E-state index in [1.165, 1.54) is 0 Å². The number of likely N-dealkylation sites (tertiary alicyclic amines) is 1. The number of benzene rings is 2. The van der Waals surface area contributed by atoms with Crippen LogP contribution in [0.4, 0.5) is 0 Å². The van der Waals surface area contributed by atoms with Gasteiger partial charge in [0.25, 0.3) is 5.91 Å². The number of ether oxygens (including phenoxy) is 2. The van der Waals surface area contributed by atoms with Gasteiger partial charge in [0.2, 0.25) is 5.88 Å². The van der Waals surface area contributed by atoms with Crippen molar-refractivity contribution in [3.05, 3.63) is 65.9 Å². The second-order valence-electron chi connectivity index (χ2n) is 8.03. The molecule has 0 spiro atoms. The molecule has 1 fully saturated rings. The predicted octanol–water partition coefficient (Wildman–Crippen LogP) is 5.13. The molecular formula is C25H27N3O3. The Hall–Kier alpha value is -3.41. The van der Waals surface area contributed by atoms with Crippen LogP contribution in [-0.4, -0.2) is 41.0 Å². The van der Waals surface area contributed by atoms with Crippen LogP contribution in [0.25, 0.3) is 11.4 Å². The number of aryl methyl sites for hydroxylation is 1. The summed E-state index contributed by atoms with van der Waals surface area (Å²) in [4.78, 5) is 24.2. The van der Waals surface area contributed by atoms with E-state index in [1.54, 1.807) is 13.3 Å². The highest BCUT2D eigenvalue weighted by Gasteiger charge is 2.26. The SMILES string of the molecule is COc1ccc(-c2ncc(C(=O)N3CCC(C)CC3)c(Oc3ccc(C)cc3)n2)cc1. The number of methoxy groups -OCH3 is 1. The van der Waals surface area contributed by atoms with E-state index < -0.39 is 0 Å². The quantitative estimate of drug-likeness (QED) is 0.576. The van der Waals surface area contributed by atoms with Crippen molar-refractivity contribution in [2.75, 3.05) is 20.2 Å². The van der Waals surface area contributed by atoms with Gasteiger partial charge in [0.15, 0.2) is 5.82 Å². The molecule has 4 rings (SSSR count). The lowest BCUT2D eigenvalue weighted by molar-refractivity contribution is 0.0693. The molecule has 3 aromatic rings. The Labute approximate surface area is 182 Å². The van der Waals surface area contributed by atoms with E-state index in [4.69, 9.17) is 9.47 Å². The van der Waals surface area contributed by atoms with Crippen molar-refractivity contribution in [3.63, 3.8) is 0 Å². The van der Waals surface area contributed by atoms with Gasteiger partial charge in [-0.1, -0.05) is 24.6 Å². The number of hydrogen-bond donors (Lipinski definition) is 0. The van der Waals surface area contributed by atoms with Crippen LogP contribution in [0, 0.1) is 12.8 Å². The van der Waals surface area contributed by atoms with Crippen LogP contribution in [0.2, 0.25) is 0 Å². The predicted molar refractivity (Wildman–Crippen MR) is 120 cm³/mol. The third-order valence-electron chi connectivity index (χ3n) is 5.64. The molecule has 0 unspecified atom stereocenters. The van der Waals surface area contributed by atoms with Gasteiger partial charge in [0.1, 0.15) is 17.1 Å². The number of piperidine rings is 1. The van der Waals surface area contributed by atoms with Crippen molar-refractivity contribution in [3.8, 4) is 28.8 Å². The lowest BCUT2D eigenvalue weighted by Crippen LogP contribution is -2.38. The maximum atomic E-state index is 13.3. The van der Waals surface area contributed by atoms with Crippen molar-refractivity contribution in [2.24, 2.45) is 5.92 Å². The molecule has 2 heterocycles. The van der Waals surface area contributed by atoms with E-state index in [2.05, 4.69) is 16.9 Å². The van der Waals surface area contributed by atoms with E-state index in [1.807, 2.05) is 60.4 Å². The fourth-order valence-electron chi connectivity index (χ4n) is 3.57. The van der Waals surface area contributed by atoms with E-state index in [0.717, 1.165) is 42.8 Å². The molecule has 31 heavy (non-hydrogen) atoms. The summed E-state index contributed by atoms with van der Waals surface area (Å²) < 4.78 is 11.3. The molecular weight excluding hydrogens is 390 g/mol. The second kappa shape index (κ2) is 9.16. The molecule has 1 saturated heterocycles. The van der Waals surface area contributed by atoms with Crippen LogP contribution in [0.5, 0.6) is 17.4 Å². The second-order valence-corrected chi connectivity index (χ2v) is 8.03. The molecule has 0 atom stereocenters. The number of carbonyl (C=O) groups is 1. The number of carbonyl (C=O) groups excluding carboxylic acids is 1. The molecule has 0 N–H and O–H groups in total. The zero-order valence-electron chi connectivity index (χ0n) is 18.2. The zero-order chi connectivity index (χ0) is 21.8. The van der Waals surface area contributed by atoms with E-state index in [9.17, 15) is 4.79 Å². The topological polar surface area (TPSA) is 64.5 Å². The molecule has 0 aliphatic carbocycles. The van der Waals surface area contributed by atoms with Gasteiger partial charge in [-0.3, -0.25) is 4.79 Å². The van der Waals surface area contributed by atoms with Crippen LogP contribution < -0.4 is 9.47 Å². The van der Waals surface area contributed by atoms with Crippen molar-refractivity contribution < 1.29 is 14.3 Å². The van der Waals surface area contributed by atoms with Crippen molar-refractivity contribution in [2.45, 2.75) is 26.7 Å². The first kappa shape index (κ1) is 20.8. The highest BCUT2D eigenvalue weighted by molar-refractivity contribution is 5.96. The van der Waals surface area contributed by atoms with Gasteiger partial charge in [-0.05, 0) is 62.1 Å². The van der Waals surface area contributed by atoms with Crippen LogP contribution in [0.3, 0.4) is 0 Å². The summed E-state index contributed by atoms with van der Waals surface area (Å²) in [6.07, 6.45) is 3.59. The first-order chi connectivity index (χ1) is 15.0. The summed E-state index contributed by atoms with van der Waals surface area (Å²) in [6, 6.07) is 15.2. The Balaban J connectivity index is 1.68. The Kier molecular flexibility index (Phi) is 6.16. The highest BCUT2D eigenvalue weighted by Crippen LogP contribution is 2.29. The Bertz CT molecular complexity index is 1040. The Morgan fingerprint density at radius 1 is 1.00 bits per heavy atom. The summed E-state index contributed by atoms with van der Waals surface area (Å²) in [7, 11) is 1.63. The molecule has 160 valence electrons. The number of rotatable bonds is 5. The van der Waals surface area contributed by atoms with Gasteiger partial charge in [-0.15, -0.1) is 0 Å². The molecule has 0 saturated carbocycles. The third kappa shape index (κ3) is 4.85. The van der Waals surface area contributed by atoms with E-state index in [0.29, 0.717) is 23.1 Å². The molecule has 1 aliphatic rings. The van der Waals surface area contributed by atoms with Crippen molar-refractivity contribution >= 4 is 5.91 Å². The molecule has 2 aromatic carbocycles. The summed E-state index contributed by atoms with van der Waals surface area (Å²) >= 11 is 0. The smallest absolute Gasteiger partial charge is 0.260 e. The van der Waals surface area contributed by atoms with Crippen LogP contribution in [0.1, 0.15) is 35.7 Å². The van der Waals surface area contributed by atoms with Crippen LogP contribution >= 0.6 is 0 Å². The summed E-state index contributed by atoms with van der Waals surface area (Å²) in [6.45, 7) is 5.72. The minimum atomic E-state index is -0.0877. The maximum absolute atomic E-state index is 13.3. The van der Waals surface area contributed by atoms with E-state index >= 15 is 0 Å². The minimum absolute atomic E-state index is 0.0877. The lowest BCUT2D eigenvalue weighted by atomic mass is 9.99. The number of amides is 1. The standard InChI is InChI=1S/C25H27N3O3/c1-17-4-8-21(9-5-17)31-24-22(25(29)28-14-12-18(2)13-15-28)16-26-23(27-24)19-6-10-20(30-3)11-7-19/h4-11,16,18H,12-15H2,1-3H3. The van der Waals surface area contributed by atoms with Gasteiger partial charge < -0.3 is 14.4 Å². The summed E-state index contributed by atoms with van der Waals surface area (Å²) in [5.74, 6) is 2.70. The average Bonchev–Trinajstić information content (AvgIpc) is 2.81. The fourth-order valence-corrected chi connectivity index (χ4v) is 3.57. The number of hydrogen-bond acceptors (Lipinski definition) is 5. The third-order valence-corrected chi connectivity index (χ3v) is 5.64. The van der Waals surface area contributed by atoms with Gasteiger partial charge in [0.05, 0.1) is 7.11 Å². The fraction of sp³-hybridized carbons (Fsp3) is 0.320. The molecule has 1 aromatic heterocycles. The van der Waals surface area contributed by atoms with Gasteiger partial charge in [0, 0.05) is 24.8 Å². The molecule has 1 aliphatic heterocycles. The first-order valence-corrected chi connectivity index (χ1v) is 10.6. The summed E-state index contributed by atoms with van der Waals surface area (Å²) in [5, 5.41) is 0. The van der Waals surface area contributed by atoms with Crippen LogP contribution in [0.15, 0.2) is 54.7 Å².